The quantitative estimate of drug-likeness (QED) is 0.241. The summed E-state index contributed by atoms with van der Waals surface area (Å²) < 4.78 is 19.0. The lowest BCUT2D eigenvalue weighted by atomic mass is 9.93. The van der Waals surface area contributed by atoms with Crippen molar-refractivity contribution in [3.05, 3.63) is 126 Å². The highest BCUT2D eigenvalue weighted by molar-refractivity contribution is 7.07. The number of fused-ring (bicyclic) bond motifs is 1. The summed E-state index contributed by atoms with van der Waals surface area (Å²) in [7, 11) is 1.56. The number of nitrogens with zero attached hydrogens (tertiary/aromatic N) is 2. The zero-order valence-corrected chi connectivity index (χ0v) is 25.4. The maximum atomic E-state index is 14.0. The minimum Gasteiger partial charge on any atom is -0.496 e. The van der Waals surface area contributed by atoms with Gasteiger partial charge >= 0.3 is 11.9 Å². The first-order valence-electron chi connectivity index (χ1n) is 14.2. The second-order valence-corrected chi connectivity index (χ2v) is 11.0. The lowest BCUT2D eigenvalue weighted by Crippen LogP contribution is -2.40. The smallest absolute Gasteiger partial charge is 0.338 e. The van der Waals surface area contributed by atoms with E-state index in [1.165, 1.54) is 11.3 Å². The number of methoxy groups -OCH3 is 1. The molecule has 0 bridgehead atoms. The van der Waals surface area contributed by atoms with E-state index in [0.29, 0.717) is 44.1 Å². The molecular weight excluding hydrogens is 580 g/mol. The lowest BCUT2D eigenvalue weighted by Gasteiger charge is -2.26. The summed E-state index contributed by atoms with van der Waals surface area (Å²) in [4.78, 5) is 43.7. The molecule has 0 spiro atoms. The van der Waals surface area contributed by atoms with Crippen LogP contribution in [-0.2, 0) is 16.1 Å². The van der Waals surface area contributed by atoms with E-state index in [9.17, 15) is 14.4 Å². The molecule has 9 nitrogen and oxygen atoms in total. The first-order chi connectivity index (χ1) is 21.3. The predicted octanol–water partition coefficient (Wildman–Crippen LogP) is 4.86. The zero-order chi connectivity index (χ0) is 31.2. The molecule has 4 aromatic rings. The fraction of sp³-hybridized carbons (Fsp3) is 0.235. The van der Waals surface area contributed by atoms with Gasteiger partial charge in [-0.15, -0.1) is 0 Å². The predicted molar refractivity (Wildman–Crippen MR) is 167 cm³/mol. The number of allylic oxidation sites excluding steroid dienone is 1. The summed E-state index contributed by atoms with van der Waals surface area (Å²) in [5.74, 6) is -0.291. The maximum absolute atomic E-state index is 14.0. The average Bonchev–Trinajstić information content (AvgIpc) is 3.34. The summed E-state index contributed by atoms with van der Waals surface area (Å²) in [6.45, 7) is 4.24. The van der Waals surface area contributed by atoms with Gasteiger partial charge < -0.3 is 19.3 Å². The number of aromatic nitrogens is 1. The fourth-order valence-corrected chi connectivity index (χ4v) is 6.05. The highest BCUT2D eigenvalue weighted by Gasteiger charge is 2.35. The van der Waals surface area contributed by atoms with Gasteiger partial charge in [0.25, 0.3) is 5.56 Å². The largest absolute Gasteiger partial charge is 0.496 e. The number of carboxylic acids is 1. The molecule has 1 aliphatic rings. The van der Waals surface area contributed by atoms with Crippen LogP contribution in [0.1, 0.15) is 59.8 Å². The van der Waals surface area contributed by atoms with E-state index in [2.05, 4.69) is 0 Å². The van der Waals surface area contributed by atoms with Crippen LogP contribution < -0.4 is 24.4 Å². The SMILES string of the molecule is CCCC1=C(C(=O)OCC)[C@@H](c2ccccc2OC)n2c(s/c(=C/c3ccc(OCc4ccc(C(=O)O)cc4)cc3)c2=O)=N1. The highest BCUT2D eigenvalue weighted by Crippen LogP contribution is 2.36. The van der Waals surface area contributed by atoms with Gasteiger partial charge in [0.05, 0.1) is 35.1 Å². The van der Waals surface area contributed by atoms with Crippen molar-refractivity contribution in [1.82, 2.24) is 4.57 Å². The molecule has 226 valence electrons. The lowest BCUT2D eigenvalue weighted by molar-refractivity contribution is -0.139. The number of ether oxygens (including phenoxy) is 3. The minimum atomic E-state index is -0.975. The molecule has 0 aliphatic carbocycles. The molecule has 0 radical (unpaired) electrons. The van der Waals surface area contributed by atoms with E-state index in [1.807, 2.05) is 55.5 Å². The molecule has 1 aromatic heterocycles. The number of carboxylic acid groups (broad SMARTS) is 1. The van der Waals surface area contributed by atoms with Crippen molar-refractivity contribution in [3.8, 4) is 11.5 Å². The van der Waals surface area contributed by atoms with Crippen LogP contribution >= 0.6 is 11.3 Å². The highest BCUT2D eigenvalue weighted by atomic mass is 32.1. The molecule has 10 heteroatoms. The van der Waals surface area contributed by atoms with Crippen LogP contribution in [0.25, 0.3) is 6.08 Å². The number of benzene rings is 3. The standard InChI is InChI=1S/C34H32N2O7S/c1-4-8-26-29(33(40)42-5-2)30(25-9-6-7-10-27(25)41-3)36-31(37)28(44-34(36)35-26)19-21-13-17-24(18-14-21)43-20-22-11-15-23(16-12-22)32(38)39/h6-7,9-19,30H,4-5,8,20H2,1-3H3,(H,38,39)/b28-19+/t30-/m1/s1. The van der Waals surface area contributed by atoms with E-state index < -0.39 is 18.0 Å². The van der Waals surface area contributed by atoms with E-state index in [4.69, 9.17) is 24.3 Å². The monoisotopic (exact) mass is 612 g/mol. The summed E-state index contributed by atoms with van der Waals surface area (Å²) in [5, 5.41) is 9.07. The number of carbonyl (C=O) groups is 2. The second-order valence-electron chi connectivity index (χ2n) is 10.0. The number of carbonyl (C=O) groups excluding carboxylic acids is 1. The van der Waals surface area contributed by atoms with Gasteiger partial charge in [-0.3, -0.25) is 9.36 Å². The van der Waals surface area contributed by atoms with Crippen LogP contribution in [0.2, 0.25) is 0 Å². The van der Waals surface area contributed by atoms with Gasteiger partial charge in [0.2, 0.25) is 0 Å². The van der Waals surface area contributed by atoms with Crippen LogP contribution in [0.4, 0.5) is 0 Å². The number of thiazole rings is 1. The van der Waals surface area contributed by atoms with Crippen molar-refractivity contribution in [1.29, 1.82) is 0 Å². The molecule has 5 rings (SSSR count). The van der Waals surface area contributed by atoms with E-state index in [-0.39, 0.29) is 24.3 Å². The Bertz CT molecular complexity index is 1890. The maximum Gasteiger partial charge on any atom is 0.338 e. The Hall–Kier alpha value is -4.96. The van der Waals surface area contributed by atoms with Crippen molar-refractivity contribution in [3.63, 3.8) is 0 Å². The molecule has 0 unspecified atom stereocenters. The molecule has 44 heavy (non-hydrogen) atoms. The number of rotatable bonds is 11. The van der Waals surface area contributed by atoms with Gasteiger partial charge in [-0.1, -0.05) is 67.1 Å². The Balaban J connectivity index is 1.51. The van der Waals surface area contributed by atoms with Crippen molar-refractivity contribution >= 4 is 29.4 Å². The van der Waals surface area contributed by atoms with Gasteiger partial charge in [-0.05, 0) is 60.9 Å². The van der Waals surface area contributed by atoms with Gasteiger partial charge in [0, 0.05) is 5.56 Å². The molecule has 2 heterocycles. The molecule has 1 N–H and O–H groups in total. The summed E-state index contributed by atoms with van der Waals surface area (Å²) in [5.41, 5.74) is 3.21. The zero-order valence-electron chi connectivity index (χ0n) is 24.6. The summed E-state index contributed by atoms with van der Waals surface area (Å²) >= 11 is 1.27. The Morgan fingerprint density at radius 1 is 1.02 bits per heavy atom. The van der Waals surface area contributed by atoms with Crippen LogP contribution in [0.5, 0.6) is 11.5 Å². The number of hydrogen-bond donors (Lipinski definition) is 1. The average molecular weight is 613 g/mol. The molecular formula is C34H32N2O7S. The molecule has 1 aliphatic heterocycles. The Labute approximate surface area is 258 Å². The van der Waals surface area contributed by atoms with Gasteiger partial charge in [-0.2, -0.15) is 0 Å². The molecule has 0 fully saturated rings. The second kappa shape index (κ2) is 13.6. The van der Waals surface area contributed by atoms with Crippen LogP contribution in [-0.4, -0.2) is 35.3 Å². The Morgan fingerprint density at radius 3 is 2.41 bits per heavy atom. The van der Waals surface area contributed by atoms with Gasteiger partial charge in [-0.25, -0.2) is 14.6 Å². The molecule has 0 saturated carbocycles. The van der Waals surface area contributed by atoms with E-state index in [0.717, 1.165) is 17.5 Å². The third-order valence-corrected chi connectivity index (χ3v) is 8.09. The van der Waals surface area contributed by atoms with Crippen LogP contribution in [0.15, 0.2) is 93.9 Å². The van der Waals surface area contributed by atoms with Crippen molar-refractivity contribution < 1.29 is 28.9 Å². The number of esters is 1. The Kier molecular flexibility index (Phi) is 9.40. The molecule has 0 saturated heterocycles. The van der Waals surface area contributed by atoms with Crippen LogP contribution in [0, 0.1) is 0 Å². The van der Waals surface area contributed by atoms with E-state index >= 15 is 0 Å². The van der Waals surface area contributed by atoms with Crippen LogP contribution in [0.3, 0.4) is 0 Å². The van der Waals surface area contributed by atoms with Crippen molar-refractivity contribution in [2.24, 2.45) is 4.99 Å². The number of para-hydroxylation sites is 1. The van der Waals surface area contributed by atoms with Crippen molar-refractivity contribution in [2.45, 2.75) is 39.3 Å². The van der Waals surface area contributed by atoms with Gasteiger partial charge in [0.1, 0.15) is 24.1 Å². The number of hydrogen-bond acceptors (Lipinski definition) is 8. The minimum absolute atomic E-state index is 0.196. The summed E-state index contributed by atoms with van der Waals surface area (Å²) in [6, 6.07) is 20.4. The normalized spacial score (nSPS) is 14.5. The first-order valence-corrected chi connectivity index (χ1v) is 15.1. The Morgan fingerprint density at radius 2 is 1.75 bits per heavy atom. The van der Waals surface area contributed by atoms with E-state index in [1.54, 1.807) is 48.9 Å². The first kappa shape index (κ1) is 30.5. The molecule has 3 aromatic carbocycles. The van der Waals surface area contributed by atoms with Gasteiger partial charge in [0.15, 0.2) is 4.80 Å². The summed E-state index contributed by atoms with van der Waals surface area (Å²) in [6.07, 6.45) is 3.11. The third kappa shape index (κ3) is 6.35. The number of aromatic carboxylic acids is 1. The topological polar surface area (TPSA) is 116 Å². The molecule has 0 amide bonds. The fourth-order valence-electron chi connectivity index (χ4n) is 5.03. The van der Waals surface area contributed by atoms with Crippen molar-refractivity contribution in [2.75, 3.05) is 13.7 Å². The third-order valence-electron chi connectivity index (χ3n) is 7.11. The molecule has 1 atom stereocenters.